The van der Waals surface area contributed by atoms with Gasteiger partial charge in [-0.1, -0.05) is 58.8 Å². The summed E-state index contributed by atoms with van der Waals surface area (Å²) >= 11 is 0. The first-order valence-corrected chi connectivity index (χ1v) is 7.28. The van der Waals surface area contributed by atoms with Crippen LogP contribution in [0.15, 0.2) is 0 Å². The molecule has 18 heavy (non-hydrogen) atoms. The van der Waals surface area contributed by atoms with Crippen molar-refractivity contribution in [2.45, 2.75) is 78.1 Å². The monoisotopic (exact) mass is 256 g/mol. The molecule has 0 aromatic rings. The van der Waals surface area contributed by atoms with E-state index >= 15 is 0 Å². The summed E-state index contributed by atoms with van der Waals surface area (Å²) < 4.78 is 0. The number of carbonyl (C=O) groups is 2. The molecule has 0 heterocycles. The number of hydrogen-bond acceptors (Lipinski definition) is 2. The fourth-order valence-electron chi connectivity index (χ4n) is 1.71. The number of amides is 2. The molecule has 0 aliphatic rings. The molecule has 0 radical (unpaired) electrons. The molecule has 0 fully saturated rings. The van der Waals surface area contributed by atoms with E-state index in [2.05, 4.69) is 17.8 Å². The van der Waals surface area contributed by atoms with Gasteiger partial charge < -0.3 is 0 Å². The highest BCUT2D eigenvalue weighted by atomic mass is 16.2. The van der Waals surface area contributed by atoms with Crippen molar-refractivity contribution in [2.24, 2.45) is 0 Å². The van der Waals surface area contributed by atoms with Crippen molar-refractivity contribution in [3.05, 3.63) is 0 Å². The standard InChI is InChI=1S/C14H28N2O2/c1-3-5-6-7-8-9-10-11-12-14(18)16-15-13(17)4-2/h3-12H2,1-2H3,(H,15,17)(H,16,18). The number of hydrogen-bond donors (Lipinski definition) is 2. The number of unbranched alkanes of at least 4 members (excludes halogenated alkanes) is 7. The van der Waals surface area contributed by atoms with Crippen molar-refractivity contribution in [3.63, 3.8) is 0 Å². The van der Waals surface area contributed by atoms with Crippen molar-refractivity contribution in [1.82, 2.24) is 10.9 Å². The first kappa shape index (κ1) is 16.9. The maximum atomic E-state index is 11.3. The normalized spacial score (nSPS) is 10.1. The Balaban J connectivity index is 3.22. The number of rotatable bonds is 10. The first-order chi connectivity index (χ1) is 8.70. The van der Waals surface area contributed by atoms with Crippen LogP contribution in [0.25, 0.3) is 0 Å². The summed E-state index contributed by atoms with van der Waals surface area (Å²) in [5.41, 5.74) is 4.78. The Morgan fingerprint density at radius 3 is 1.78 bits per heavy atom. The Morgan fingerprint density at radius 1 is 0.722 bits per heavy atom. The molecule has 0 bridgehead atoms. The summed E-state index contributed by atoms with van der Waals surface area (Å²) in [4.78, 5) is 22.2. The van der Waals surface area contributed by atoms with E-state index < -0.39 is 0 Å². The molecule has 2 N–H and O–H groups in total. The Labute approximate surface area is 111 Å². The molecule has 2 amide bonds. The molecule has 4 heteroatoms. The lowest BCUT2D eigenvalue weighted by molar-refractivity contribution is -0.128. The zero-order valence-electron chi connectivity index (χ0n) is 11.9. The third-order valence-corrected chi connectivity index (χ3v) is 2.92. The smallest absolute Gasteiger partial charge is 0.238 e. The van der Waals surface area contributed by atoms with Gasteiger partial charge in [-0.05, 0) is 6.42 Å². The predicted octanol–water partition coefficient (Wildman–Crippen LogP) is 3.07. The van der Waals surface area contributed by atoms with Crippen LogP contribution < -0.4 is 10.9 Å². The lowest BCUT2D eigenvalue weighted by Gasteiger charge is -2.05. The molecule has 0 rings (SSSR count). The number of hydrazine groups is 1. The fourth-order valence-corrected chi connectivity index (χ4v) is 1.71. The minimum Gasteiger partial charge on any atom is -0.273 e. The van der Waals surface area contributed by atoms with Crippen LogP contribution in [0.3, 0.4) is 0 Å². The van der Waals surface area contributed by atoms with Gasteiger partial charge in [0, 0.05) is 12.8 Å². The zero-order valence-corrected chi connectivity index (χ0v) is 11.9. The van der Waals surface area contributed by atoms with Crippen molar-refractivity contribution < 1.29 is 9.59 Å². The molecule has 0 aromatic heterocycles. The predicted molar refractivity (Wildman–Crippen MR) is 73.8 cm³/mol. The summed E-state index contributed by atoms with van der Waals surface area (Å²) in [5, 5.41) is 0. The van der Waals surface area contributed by atoms with Gasteiger partial charge in [-0.3, -0.25) is 20.4 Å². The van der Waals surface area contributed by atoms with Gasteiger partial charge in [0.25, 0.3) is 0 Å². The number of nitrogens with one attached hydrogen (secondary N) is 2. The molecule has 4 nitrogen and oxygen atoms in total. The van der Waals surface area contributed by atoms with Gasteiger partial charge in [0.15, 0.2) is 0 Å². The lowest BCUT2D eigenvalue weighted by Crippen LogP contribution is -2.41. The Hall–Kier alpha value is -1.06. The van der Waals surface area contributed by atoms with Gasteiger partial charge in [0.1, 0.15) is 0 Å². The van der Waals surface area contributed by atoms with Crippen LogP contribution in [0.2, 0.25) is 0 Å². The van der Waals surface area contributed by atoms with Crippen LogP contribution in [0.1, 0.15) is 78.1 Å². The van der Waals surface area contributed by atoms with E-state index in [1.54, 1.807) is 6.92 Å². The summed E-state index contributed by atoms with van der Waals surface area (Å²) in [7, 11) is 0. The quantitative estimate of drug-likeness (QED) is 0.466. The van der Waals surface area contributed by atoms with E-state index in [1.165, 1.54) is 38.5 Å². The van der Waals surface area contributed by atoms with Gasteiger partial charge >= 0.3 is 0 Å². The van der Waals surface area contributed by atoms with Crippen molar-refractivity contribution in [3.8, 4) is 0 Å². The van der Waals surface area contributed by atoms with Crippen LogP contribution in [-0.2, 0) is 9.59 Å². The summed E-state index contributed by atoms with van der Waals surface area (Å²) in [5.74, 6) is -0.248. The third-order valence-electron chi connectivity index (χ3n) is 2.92. The van der Waals surface area contributed by atoms with E-state index in [0.29, 0.717) is 12.8 Å². The zero-order chi connectivity index (χ0) is 13.6. The maximum Gasteiger partial charge on any atom is 0.238 e. The van der Waals surface area contributed by atoms with E-state index in [9.17, 15) is 9.59 Å². The topological polar surface area (TPSA) is 58.2 Å². The van der Waals surface area contributed by atoms with Crippen molar-refractivity contribution >= 4 is 11.8 Å². The molecule has 0 aliphatic carbocycles. The molecule has 0 aliphatic heterocycles. The molecule has 0 unspecified atom stereocenters. The van der Waals surface area contributed by atoms with E-state index in [1.807, 2.05) is 0 Å². The summed E-state index contributed by atoms with van der Waals surface area (Å²) in [6.07, 6.45) is 10.6. The van der Waals surface area contributed by atoms with Gasteiger partial charge in [-0.25, -0.2) is 0 Å². The van der Waals surface area contributed by atoms with Crippen LogP contribution in [0.4, 0.5) is 0 Å². The highest BCUT2D eigenvalue weighted by Gasteiger charge is 2.02. The van der Waals surface area contributed by atoms with Gasteiger partial charge in [-0.2, -0.15) is 0 Å². The molecular weight excluding hydrogens is 228 g/mol. The van der Waals surface area contributed by atoms with Gasteiger partial charge in [0.05, 0.1) is 0 Å². The molecule has 0 aromatic carbocycles. The van der Waals surface area contributed by atoms with E-state index in [0.717, 1.165) is 12.8 Å². The van der Waals surface area contributed by atoms with Crippen LogP contribution in [0, 0.1) is 0 Å². The SMILES string of the molecule is CCCCCCCCCCC(=O)NNC(=O)CC. The average Bonchev–Trinajstić information content (AvgIpc) is 2.39. The maximum absolute atomic E-state index is 11.3. The van der Waals surface area contributed by atoms with Crippen molar-refractivity contribution in [1.29, 1.82) is 0 Å². The second kappa shape index (κ2) is 12.4. The first-order valence-electron chi connectivity index (χ1n) is 7.28. The molecule has 0 saturated heterocycles. The van der Waals surface area contributed by atoms with Gasteiger partial charge in [0.2, 0.25) is 11.8 Å². The Kier molecular flexibility index (Phi) is 11.7. The Bertz CT molecular complexity index is 230. The molecule has 0 atom stereocenters. The molecule has 0 saturated carbocycles. The molecule has 0 spiro atoms. The van der Waals surface area contributed by atoms with Crippen LogP contribution >= 0.6 is 0 Å². The second-order valence-corrected chi connectivity index (χ2v) is 4.67. The lowest BCUT2D eigenvalue weighted by atomic mass is 10.1. The highest BCUT2D eigenvalue weighted by molar-refractivity contribution is 5.81. The van der Waals surface area contributed by atoms with E-state index in [4.69, 9.17) is 0 Å². The summed E-state index contributed by atoms with van der Waals surface area (Å²) in [6, 6.07) is 0. The molecular formula is C14H28N2O2. The van der Waals surface area contributed by atoms with E-state index in [-0.39, 0.29) is 11.8 Å². The highest BCUT2D eigenvalue weighted by Crippen LogP contribution is 2.09. The minimum absolute atomic E-state index is 0.0946. The minimum atomic E-state index is -0.153. The number of carbonyl (C=O) groups excluding carboxylic acids is 2. The largest absolute Gasteiger partial charge is 0.273 e. The van der Waals surface area contributed by atoms with Crippen LogP contribution in [-0.4, -0.2) is 11.8 Å². The van der Waals surface area contributed by atoms with Gasteiger partial charge in [-0.15, -0.1) is 0 Å². The van der Waals surface area contributed by atoms with Crippen LogP contribution in [0.5, 0.6) is 0 Å². The second-order valence-electron chi connectivity index (χ2n) is 4.67. The van der Waals surface area contributed by atoms with Crippen molar-refractivity contribution in [2.75, 3.05) is 0 Å². The molecule has 106 valence electrons. The Morgan fingerprint density at radius 2 is 1.22 bits per heavy atom. The fraction of sp³-hybridized carbons (Fsp3) is 0.857. The third kappa shape index (κ3) is 11.4. The average molecular weight is 256 g/mol. The summed E-state index contributed by atoms with van der Waals surface area (Å²) in [6.45, 7) is 3.97.